The van der Waals surface area contributed by atoms with Crippen molar-refractivity contribution in [2.45, 2.75) is 58.2 Å². The summed E-state index contributed by atoms with van der Waals surface area (Å²) in [4.78, 5) is 4.83. The summed E-state index contributed by atoms with van der Waals surface area (Å²) in [5, 5.41) is 1.06. The SMILES string of the molecule is CC1(C)c2cc(B3OC(C)(C)C(C)(C)O3)ccc2-c2ccc(-c3ccc(-c4nc5ccccc5s4)cc3)cc21. The van der Waals surface area contributed by atoms with Crippen molar-refractivity contribution in [3.05, 3.63) is 96.1 Å². The Kier molecular flexibility index (Phi) is 5.32. The number of nitrogens with zero attached hydrogens (tertiary/aromatic N) is 1. The molecule has 1 aliphatic carbocycles. The van der Waals surface area contributed by atoms with Crippen LogP contribution in [0.4, 0.5) is 0 Å². The van der Waals surface area contributed by atoms with Crippen LogP contribution in [0.5, 0.6) is 0 Å². The second kappa shape index (κ2) is 8.38. The average molecular weight is 530 g/mol. The fourth-order valence-corrected chi connectivity index (χ4v) is 6.83. The Balaban J connectivity index is 1.20. The molecule has 0 atom stereocenters. The normalized spacial score (nSPS) is 18.4. The molecule has 0 spiro atoms. The molecule has 1 aromatic heterocycles. The zero-order chi connectivity index (χ0) is 27.2. The molecular weight excluding hydrogens is 497 g/mol. The highest BCUT2D eigenvalue weighted by Crippen LogP contribution is 2.49. The van der Waals surface area contributed by atoms with Gasteiger partial charge in [0.1, 0.15) is 5.01 Å². The first kappa shape index (κ1) is 24.8. The van der Waals surface area contributed by atoms with E-state index >= 15 is 0 Å². The molecule has 5 heteroatoms. The summed E-state index contributed by atoms with van der Waals surface area (Å²) < 4.78 is 14.0. The third-order valence-corrected chi connectivity index (χ3v) is 10.1. The van der Waals surface area contributed by atoms with Crippen molar-refractivity contribution < 1.29 is 9.31 Å². The third kappa shape index (κ3) is 3.82. The molecule has 194 valence electrons. The van der Waals surface area contributed by atoms with Crippen LogP contribution in [-0.2, 0) is 14.7 Å². The van der Waals surface area contributed by atoms with E-state index in [1.165, 1.54) is 38.1 Å². The van der Waals surface area contributed by atoms with Gasteiger partial charge in [-0.15, -0.1) is 11.3 Å². The predicted molar refractivity (Wildman–Crippen MR) is 164 cm³/mol. The summed E-state index contributed by atoms with van der Waals surface area (Å²) in [5.74, 6) is 0. The fourth-order valence-electron chi connectivity index (χ4n) is 5.86. The van der Waals surface area contributed by atoms with Gasteiger partial charge < -0.3 is 9.31 Å². The Morgan fingerprint density at radius 1 is 0.641 bits per heavy atom. The molecule has 0 bridgehead atoms. The van der Waals surface area contributed by atoms with Crippen LogP contribution in [0.2, 0.25) is 0 Å². The lowest BCUT2D eigenvalue weighted by Gasteiger charge is -2.32. The number of benzene rings is 4. The monoisotopic (exact) mass is 529 g/mol. The zero-order valence-electron chi connectivity index (χ0n) is 23.3. The number of rotatable bonds is 3. The van der Waals surface area contributed by atoms with Gasteiger partial charge in [0.25, 0.3) is 0 Å². The highest BCUT2D eigenvalue weighted by molar-refractivity contribution is 7.21. The predicted octanol–water partition coefficient (Wildman–Crippen LogP) is 8.24. The van der Waals surface area contributed by atoms with E-state index in [9.17, 15) is 0 Å². The molecule has 0 saturated carbocycles. The molecule has 1 aliphatic heterocycles. The molecule has 39 heavy (non-hydrogen) atoms. The average Bonchev–Trinajstić information content (AvgIpc) is 3.52. The van der Waals surface area contributed by atoms with Crippen molar-refractivity contribution in [2.75, 3.05) is 0 Å². The summed E-state index contributed by atoms with van der Waals surface area (Å²) in [6.07, 6.45) is 0. The summed E-state index contributed by atoms with van der Waals surface area (Å²) in [5.41, 5.74) is 10.2. The Morgan fingerprint density at radius 3 is 1.92 bits per heavy atom. The first-order valence-corrected chi connectivity index (χ1v) is 14.5. The molecule has 1 fully saturated rings. The fraction of sp³-hybridized carbons (Fsp3) is 0.265. The van der Waals surface area contributed by atoms with Crippen LogP contribution < -0.4 is 5.46 Å². The second-order valence-electron chi connectivity index (χ2n) is 12.3. The van der Waals surface area contributed by atoms with E-state index in [1.54, 1.807) is 11.3 Å². The number of thiazole rings is 1. The molecule has 0 N–H and O–H groups in total. The maximum Gasteiger partial charge on any atom is 0.494 e. The molecule has 3 nitrogen and oxygen atoms in total. The van der Waals surface area contributed by atoms with Gasteiger partial charge in [-0.2, -0.15) is 0 Å². The number of hydrogen-bond acceptors (Lipinski definition) is 4. The molecule has 4 aromatic carbocycles. The van der Waals surface area contributed by atoms with Crippen LogP contribution in [0.15, 0.2) is 84.9 Å². The molecule has 0 unspecified atom stereocenters. The van der Waals surface area contributed by atoms with E-state index in [-0.39, 0.29) is 23.7 Å². The number of fused-ring (bicyclic) bond motifs is 4. The highest BCUT2D eigenvalue weighted by Gasteiger charge is 2.52. The van der Waals surface area contributed by atoms with Crippen molar-refractivity contribution >= 4 is 34.1 Å². The van der Waals surface area contributed by atoms with Crippen molar-refractivity contribution in [3.63, 3.8) is 0 Å². The molecular formula is C34H32BNO2S. The summed E-state index contributed by atoms with van der Waals surface area (Å²) >= 11 is 1.74. The number of para-hydroxylation sites is 1. The molecule has 7 rings (SSSR count). The molecule has 0 amide bonds. The van der Waals surface area contributed by atoms with Gasteiger partial charge in [-0.3, -0.25) is 0 Å². The van der Waals surface area contributed by atoms with E-state index in [4.69, 9.17) is 14.3 Å². The minimum absolute atomic E-state index is 0.124. The lowest BCUT2D eigenvalue weighted by Crippen LogP contribution is -2.41. The minimum atomic E-state index is -0.357. The standard InChI is InChI=1S/C34H32BNO2S/c1-32(2)27-19-23(21-11-13-22(14-12-21)31-36-29-9-7-8-10-30(29)39-31)15-17-25(27)26-18-16-24(20-28(26)32)35-37-33(3,4)34(5,6)38-35/h7-20H,1-6H3. The van der Waals surface area contributed by atoms with Crippen LogP contribution in [0, 0.1) is 0 Å². The molecule has 1 saturated heterocycles. The van der Waals surface area contributed by atoms with Crippen LogP contribution >= 0.6 is 11.3 Å². The summed E-state index contributed by atoms with van der Waals surface area (Å²) in [6, 6.07) is 30.8. The van der Waals surface area contributed by atoms with Gasteiger partial charge >= 0.3 is 7.12 Å². The number of aromatic nitrogens is 1. The largest absolute Gasteiger partial charge is 0.494 e. The maximum absolute atomic E-state index is 6.36. The second-order valence-corrected chi connectivity index (χ2v) is 13.4. The number of hydrogen-bond donors (Lipinski definition) is 0. The molecule has 5 aromatic rings. The summed E-state index contributed by atoms with van der Waals surface area (Å²) in [6.45, 7) is 13.1. The van der Waals surface area contributed by atoms with Crippen LogP contribution in [0.25, 0.3) is 43.0 Å². The van der Waals surface area contributed by atoms with E-state index in [0.29, 0.717) is 0 Å². The lowest BCUT2D eigenvalue weighted by molar-refractivity contribution is 0.00578. The zero-order valence-corrected chi connectivity index (χ0v) is 24.1. The van der Waals surface area contributed by atoms with Crippen LogP contribution in [-0.4, -0.2) is 23.3 Å². The van der Waals surface area contributed by atoms with E-state index < -0.39 is 0 Å². The Bertz CT molecular complexity index is 1700. The van der Waals surface area contributed by atoms with Gasteiger partial charge in [-0.25, -0.2) is 4.98 Å². The first-order chi connectivity index (χ1) is 18.5. The third-order valence-electron chi connectivity index (χ3n) is 8.98. The van der Waals surface area contributed by atoms with Gasteiger partial charge in [0, 0.05) is 11.0 Å². The minimum Gasteiger partial charge on any atom is -0.399 e. The highest BCUT2D eigenvalue weighted by atomic mass is 32.1. The first-order valence-electron chi connectivity index (χ1n) is 13.6. The van der Waals surface area contributed by atoms with Crippen molar-refractivity contribution in [1.29, 1.82) is 0 Å². The summed E-state index contributed by atoms with van der Waals surface area (Å²) in [7, 11) is -0.357. The molecule has 0 radical (unpaired) electrons. The van der Waals surface area contributed by atoms with Crippen molar-refractivity contribution in [3.8, 4) is 32.8 Å². The van der Waals surface area contributed by atoms with E-state index in [1.807, 2.05) is 6.07 Å². The van der Waals surface area contributed by atoms with Crippen LogP contribution in [0.3, 0.4) is 0 Å². The Morgan fingerprint density at radius 2 is 1.23 bits per heavy atom. The molecule has 2 aliphatic rings. The van der Waals surface area contributed by atoms with E-state index in [2.05, 4.69) is 120 Å². The molecule has 2 heterocycles. The van der Waals surface area contributed by atoms with Gasteiger partial charge in [-0.1, -0.05) is 80.6 Å². The van der Waals surface area contributed by atoms with Gasteiger partial charge in [0.15, 0.2) is 0 Å². The Labute approximate surface area is 235 Å². The van der Waals surface area contributed by atoms with Gasteiger partial charge in [0.05, 0.1) is 21.4 Å². The lowest BCUT2D eigenvalue weighted by atomic mass is 9.74. The smallest absolute Gasteiger partial charge is 0.399 e. The van der Waals surface area contributed by atoms with Crippen LogP contribution in [0.1, 0.15) is 52.7 Å². The topological polar surface area (TPSA) is 31.4 Å². The Hall–Kier alpha value is -3.25. The quantitative estimate of drug-likeness (QED) is 0.221. The van der Waals surface area contributed by atoms with E-state index in [0.717, 1.165) is 21.6 Å². The van der Waals surface area contributed by atoms with Gasteiger partial charge in [-0.05, 0) is 84.7 Å². The van der Waals surface area contributed by atoms with Gasteiger partial charge in [0.2, 0.25) is 0 Å². The maximum atomic E-state index is 6.36. The van der Waals surface area contributed by atoms with Crippen molar-refractivity contribution in [2.24, 2.45) is 0 Å². The van der Waals surface area contributed by atoms with Crippen molar-refractivity contribution in [1.82, 2.24) is 4.98 Å².